The first kappa shape index (κ1) is 32.5. The molecule has 0 radical (unpaired) electrons. The molecule has 0 bridgehead atoms. The van der Waals surface area contributed by atoms with E-state index in [9.17, 15) is 14.4 Å². The van der Waals surface area contributed by atoms with Crippen LogP contribution in [-0.4, -0.2) is 85.9 Å². The minimum absolute atomic E-state index is 0.0695. The Labute approximate surface area is 216 Å². The molecular formula is C21H26Cl2N2O11. The highest BCUT2D eigenvalue weighted by atomic mass is 35.5. The van der Waals surface area contributed by atoms with E-state index in [2.05, 4.69) is 9.47 Å². The van der Waals surface area contributed by atoms with E-state index >= 15 is 0 Å². The molecule has 2 atom stereocenters. The Kier molecular flexibility index (Phi) is 16.1. The molecule has 1 aliphatic heterocycles. The van der Waals surface area contributed by atoms with E-state index in [-0.39, 0.29) is 34.5 Å². The van der Waals surface area contributed by atoms with E-state index in [1.54, 1.807) is 30.1 Å². The number of hydrogen-bond acceptors (Lipinski definition) is 10. The minimum atomic E-state index is -1.25. The molecule has 200 valence electrons. The van der Waals surface area contributed by atoms with Gasteiger partial charge >= 0.3 is 18.3 Å². The van der Waals surface area contributed by atoms with Crippen molar-refractivity contribution < 1.29 is 53.1 Å². The average molecular weight is 553 g/mol. The third-order valence-electron chi connectivity index (χ3n) is 4.12. The fourth-order valence-electron chi connectivity index (χ4n) is 2.43. The Morgan fingerprint density at radius 2 is 1.64 bits per heavy atom. The van der Waals surface area contributed by atoms with Crippen LogP contribution in [0.15, 0.2) is 30.5 Å². The van der Waals surface area contributed by atoms with Crippen LogP contribution in [0.2, 0.25) is 10.0 Å². The SMILES string of the molecule is CN(/C=C\C(=O)NC=O)C1CCC(COC(=O)c2c(Cl)cccc2Cl)O1.COC(=O)O.COC(=O)O. The quantitative estimate of drug-likeness (QED) is 0.195. The van der Waals surface area contributed by atoms with Crippen LogP contribution in [0.25, 0.3) is 0 Å². The van der Waals surface area contributed by atoms with Gasteiger partial charge < -0.3 is 34.1 Å². The Morgan fingerprint density at radius 3 is 2.11 bits per heavy atom. The predicted molar refractivity (Wildman–Crippen MR) is 126 cm³/mol. The number of imide groups is 1. The molecule has 1 aromatic rings. The first-order chi connectivity index (χ1) is 17.0. The summed E-state index contributed by atoms with van der Waals surface area (Å²) < 4.78 is 18.4. The summed E-state index contributed by atoms with van der Waals surface area (Å²) in [5.41, 5.74) is 0.131. The molecule has 2 amide bonds. The van der Waals surface area contributed by atoms with Gasteiger partial charge in [-0.2, -0.15) is 0 Å². The number of amides is 2. The number of esters is 1. The summed E-state index contributed by atoms with van der Waals surface area (Å²) in [6.45, 7) is 0.0695. The van der Waals surface area contributed by atoms with Crippen molar-refractivity contribution in [1.82, 2.24) is 10.2 Å². The smallest absolute Gasteiger partial charge is 0.459 e. The molecule has 15 heteroatoms. The number of halogens is 2. The van der Waals surface area contributed by atoms with E-state index in [0.717, 1.165) is 14.2 Å². The number of rotatable bonds is 7. The lowest BCUT2D eigenvalue weighted by atomic mass is 10.2. The van der Waals surface area contributed by atoms with Crippen molar-refractivity contribution in [3.05, 3.63) is 46.1 Å². The van der Waals surface area contributed by atoms with Crippen LogP contribution >= 0.6 is 23.2 Å². The van der Waals surface area contributed by atoms with Crippen LogP contribution in [0.4, 0.5) is 9.59 Å². The molecule has 13 nitrogen and oxygen atoms in total. The molecule has 0 aromatic heterocycles. The monoisotopic (exact) mass is 552 g/mol. The Bertz CT molecular complexity index is 893. The summed E-state index contributed by atoms with van der Waals surface area (Å²) in [5, 5.41) is 17.5. The normalized spacial score (nSPS) is 15.8. The van der Waals surface area contributed by atoms with Crippen LogP contribution in [0, 0.1) is 0 Å². The van der Waals surface area contributed by atoms with Gasteiger partial charge in [0.1, 0.15) is 12.8 Å². The number of ether oxygens (including phenoxy) is 4. The maximum absolute atomic E-state index is 12.2. The molecule has 0 spiro atoms. The Balaban J connectivity index is 0.00000104. The summed E-state index contributed by atoms with van der Waals surface area (Å²) >= 11 is 12.0. The predicted octanol–water partition coefficient (Wildman–Crippen LogP) is 3.00. The first-order valence-corrected chi connectivity index (χ1v) is 10.7. The largest absolute Gasteiger partial charge is 0.505 e. The second-order valence-corrected chi connectivity index (χ2v) is 7.35. The van der Waals surface area contributed by atoms with Gasteiger partial charge in [0.25, 0.3) is 5.91 Å². The molecule has 2 rings (SSSR count). The van der Waals surface area contributed by atoms with Crippen molar-refractivity contribution in [3.63, 3.8) is 0 Å². The van der Waals surface area contributed by atoms with Gasteiger partial charge in [-0.1, -0.05) is 29.3 Å². The number of methoxy groups -OCH3 is 2. The summed E-state index contributed by atoms with van der Waals surface area (Å²) in [6, 6.07) is 4.77. The first-order valence-electron chi connectivity index (χ1n) is 9.91. The fourth-order valence-corrected chi connectivity index (χ4v) is 2.98. The van der Waals surface area contributed by atoms with Gasteiger partial charge in [0.2, 0.25) is 6.41 Å². The van der Waals surface area contributed by atoms with Crippen LogP contribution in [0.3, 0.4) is 0 Å². The van der Waals surface area contributed by atoms with E-state index < -0.39 is 24.2 Å². The van der Waals surface area contributed by atoms with Crippen molar-refractivity contribution >= 4 is 53.8 Å². The van der Waals surface area contributed by atoms with Crippen molar-refractivity contribution in [1.29, 1.82) is 0 Å². The lowest BCUT2D eigenvalue weighted by Crippen LogP contribution is -2.29. The van der Waals surface area contributed by atoms with Crippen molar-refractivity contribution in [2.75, 3.05) is 27.9 Å². The summed E-state index contributed by atoms with van der Waals surface area (Å²) in [7, 11) is 3.94. The molecule has 1 fully saturated rings. The molecule has 2 unspecified atom stereocenters. The zero-order valence-corrected chi connectivity index (χ0v) is 21.0. The fraction of sp³-hybridized carbons (Fsp3) is 0.381. The zero-order valence-electron chi connectivity index (χ0n) is 19.5. The lowest BCUT2D eigenvalue weighted by Gasteiger charge is -2.22. The number of benzene rings is 1. The second-order valence-electron chi connectivity index (χ2n) is 6.53. The van der Waals surface area contributed by atoms with E-state index in [0.29, 0.717) is 19.3 Å². The number of nitrogens with zero attached hydrogens (tertiary/aromatic N) is 1. The maximum atomic E-state index is 12.2. The molecule has 1 heterocycles. The lowest BCUT2D eigenvalue weighted by molar-refractivity contribution is -0.121. The molecular weight excluding hydrogens is 527 g/mol. The van der Waals surface area contributed by atoms with E-state index in [4.69, 9.17) is 52.5 Å². The number of hydrogen-bond donors (Lipinski definition) is 3. The van der Waals surface area contributed by atoms with Gasteiger partial charge in [0, 0.05) is 19.3 Å². The Hall–Kier alpha value is -3.55. The molecule has 1 aliphatic rings. The highest BCUT2D eigenvalue weighted by Crippen LogP contribution is 2.26. The van der Waals surface area contributed by atoms with Crippen molar-refractivity contribution in [2.24, 2.45) is 0 Å². The van der Waals surface area contributed by atoms with Crippen LogP contribution in [0.5, 0.6) is 0 Å². The number of nitrogens with one attached hydrogen (secondary N) is 1. The van der Waals surface area contributed by atoms with Gasteiger partial charge in [-0.05, 0) is 25.0 Å². The summed E-state index contributed by atoms with van der Waals surface area (Å²) in [5.74, 6) is -1.13. The molecule has 0 aliphatic carbocycles. The van der Waals surface area contributed by atoms with Gasteiger partial charge in [-0.25, -0.2) is 14.4 Å². The second kappa shape index (κ2) is 17.8. The highest BCUT2D eigenvalue weighted by molar-refractivity contribution is 6.39. The van der Waals surface area contributed by atoms with E-state index in [1.165, 1.54) is 12.3 Å². The number of carbonyl (C=O) groups is 5. The van der Waals surface area contributed by atoms with E-state index in [1.807, 2.05) is 5.32 Å². The number of carbonyl (C=O) groups excluding carboxylic acids is 3. The molecule has 0 saturated carbocycles. The Morgan fingerprint density at radius 1 is 1.11 bits per heavy atom. The highest BCUT2D eigenvalue weighted by Gasteiger charge is 2.28. The van der Waals surface area contributed by atoms with Crippen molar-refractivity contribution in [3.8, 4) is 0 Å². The van der Waals surface area contributed by atoms with Crippen LogP contribution < -0.4 is 5.32 Å². The molecule has 3 N–H and O–H groups in total. The topological polar surface area (TPSA) is 178 Å². The minimum Gasteiger partial charge on any atom is -0.459 e. The van der Waals surface area contributed by atoms with Crippen LogP contribution in [0.1, 0.15) is 23.2 Å². The third-order valence-corrected chi connectivity index (χ3v) is 4.75. The van der Waals surface area contributed by atoms with Gasteiger partial charge in [0.05, 0.1) is 35.9 Å². The van der Waals surface area contributed by atoms with Crippen LogP contribution in [-0.2, 0) is 28.5 Å². The molecule has 1 aromatic carbocycles. The average Bonchev–Trinajstić information content (AvgIpc) is 3.31. The third kappa shape index (κ3) is 13.4. The van der Waals surface area contributed by atoms with Gasteiger partial charge in [0.15, 0.2) is 0 Å². The van der Waals surface area contributed by atoms with Crippen molar-refractivity contribution in [2.45, 2.75) is 25.2 Å². The van der Waals surface area contributed by atoms with Gasteiger partial charge in [-0.3, -0.25) is 14.9 Å². The maximum Gasteiger partial charge on any atom is 0.505 e. The number of carboxylic acid groups (broad SMARTS) is 2. The summed E-state index contributed by atoms with van der Waals surface area (Å²) in [6.07, 6.45) is 1.42. The summed E-state index contributed by atoms with van der Waals surface area (Å²) in [4.78, 5) is 53.5. The molecule has 36 heavy (non-hydrogen) atoms. The van der Waals surface area contributed by atoms with Gasteiger partial charge in [-0.15, -0.1) is 0 Å². The molecule has 1 saturated heterocycles. The zero-order chi connectivity index (χ0) is 27.7. The standard InChI is InChI=1S/C17H18Cl2N2O5.2C2H4O3/c1-21(8-7-14(23)20-10-22)15-6-5-11(26-15)9-25-17(24)16-12(18)3-2-4-13(16)19;2*1-5-2(3)4/h2-4,7-8,10-11,15H,5-6,9H2,1H3,(H,20,22,23);2*1H3,(H,3,4)/b8-7-;;.